The molecule has 1 heterocycles. The second-order valence-corrected chi connectivity index (χ2v) is 6.18. The van der Waals surface area contributed by atoms with Gasteiger partial charge >= 0.3 is 0 Å². The summed E-state index contributed by atoms with van der Waals surface area (Å²) in [6.07, 6.45) is -0.0488. The number of halogens is 1. The van der Waals surface area contributed by atoms with E-state index in [1.165, 1.54) is 12.1 Å². The van der Waals surface area contributed by atoms with Gasteiger partial charge in [0, 0.05) is 13.0 Å². The normalized spacial score (nSPS) is 22.1. The third kappa shape index (κ3) is 3.59. The number of hydrogen-bond donors (Lipinski definition) is 1. The highest BCUT2D eigenvalue weighted by Gasteiger charge is 2.37. The van der Waals surface area contributed by atoms with Crippen molar-refractivity contribution in [3.05, 3.63) is 35.6 Å². The summed E-state index contributed by atoms with van der Waals surface area (Å²) in [5.74, 6) is -0.492. The van der Waals surface area contributed by atoms with E-state index < -0.39 is 11.5 Å². The summed E-state index contributed by atoms with van der Waals surface area (Å²) in [5.41, 5.74) is 0.0638. The van der Waals surface area contributed by atoms with Crippen LogP contribution in [0.2, 0.25) is 0 Å². The molecule has 1 amide bonds. The summed E-state index contributed by atoms with van der Waals surface area (Å²) >= 11 is 0. The molecular weight excluding hydrogens is 271 g/mol. The Morgan fingerprint density at radius 1 is 1.48 bits per heavy atom. The third-order valence-corrected chi connectivity index (χ3v) is 3.75. The SMILES string of the molecule is CC(C)(C#N)CC(=O)N1C[C@H](O)C[C@@H]1c1ccc(F)cc1. The van der Waals surface area contributed by atoms with Gasteiger partial charge in [-0.15, -0.1) is 0 Å². The molecule has 0 spiro atoms. The van der Waals surface area contributed by atoms with Gasteiger partial charge in [-0.3, -0.25) is 4.79 Å². The van der Waals surface area contributed by atoms with Crippen LogP contribution >= 0.6 is 0 Å². The number of carbonyl (C=O) groups excluding carboxylic acids is 1. The van der Waals surface area contributed by atoms with Crippen LogP contribution in [0.25, 0.3) is 0 Å². The van der Waals surface area contributed by atoms with Crippen LogP contribution in [0.1, 0.15) is 38.3 Å². The van der Waals surface area contributed by atoms with Gasteiger partial charge in [0.05, 0.1) is 23.6 Å². The summed E-state index contributed by atoms with van der Waals surface area (Å²) in [5, 5.41) is 18.9. The van der Waals surface area contributed by atoms with Crippen LogP contribution in [0.15, 0.2) is 24.3 Å². The first-order valence-electron chi connectivity index (χ1n) is 6.96. The zero-order valence-electron chi connectivity index (χ0n) is 12.2. The van der Waals surface area contributed by atoms with Gasteiger partial charge in [0.2, 0.25) is 5.91 Å². The molecule has 1 fully saturated rings. The van der Waals surface area contributed by atoms with E-state index in [1.807, 2.05) is 0 Å². The summed E-state index contributed by atoms with van der Waals surface area (Å²) < 4.78 is 13.0. The Labute approximate surface area is 123 Å². The van der Waals surface area contributed by atoms with Crippen molar-refractivity contribution in [3.8, 4) is 6.07 Å². The van der Waals surface area contributed by atoms with Crippen molar-refractivity contribution in [2.75, 3.05) is 6.54 Å². The van der Waals surface area contributed by atoms with E-state index in [2.05, 4.69) is 6.07 Å². The number of nitriles is 1. The molecule has 0 radical (unpaired) electrons. The maximum absolute atomic E-state index is 13.0. The Bertz CT molecular complexity index is 563. The molecule has 4 nitrogen and oxygen atoms in total. The molecule has 1 saturated heterocycles. The van der Waals surface area contributed by atoms with Gasteiger partial charge in [0.25, 0.3) is 0 Å². The lowest BCUT2D eigenvalue weighted by atomic mass is 9.90. The minimum atomic E-state index is -0.738. The second-order valence-electron chi connectivity index (χ2n) is 6.18. The molecule has 2 atom stereocenters. The first-order chi connectivity index (χ1) is 9.82. The van der Waals surface area contributed by atoms with Crippen LogP contribution in [0.5, 0.6) is 0 Å². The zero-order valence-corrected chi connectivity index (χ0v) is 12.2. The summed E-state index contributed by atoms with van der Waals surface area (Å²) in [7, 11) is 0. The van der Waals surface area contributed by atoms with E-state index in [4.69, 9.17) is 5.26 Å². The Kier molecular flexibility index (Phi) is 4.29. The molecule has 2 rings (SSSR count). The van der Waals surface area contributed by atoms with Crippen molar-refractivity contribution >= 4 is 5.91 Å². The van der Waals surface area contributed by atoms with E-state index in [0.29, 0.717) is 6.42 Å². The van der Waals surface area contributed by atoms with Crippen LogP contribution in [0, 0.1) is 22.6 Å². The fourth-order valence-electron chi connectivity index (χ4n) is 2.61. The number of likely N-dealkylation sites (tertiary alicyclic amines) is 1. The van der Waals surface area contributed by atoms with Crippen LogP contribution in [-0.4, -0.2) is 28.6 Å². The molecule has 0 aromatic heterocycles. The molecule has 0 unspecified atom stereocenters. The van der Waals surface area contributed by atoms with Gasteiger partial charge in [0.1, 0.15) is 5.82 Å². The maximum atomic E-state index is 13.0. The number of carbonyl (C=O) groups is 1. The fourth-order valence-corrected chi connectivity index (χ4v) is 2.61. The highest BCUT2D eigenvalue weighted by atomic mass is 19.1. The number of hydrogen-bond acceptors (Lipinski definition) is 3. The first-order valence-corrected chi connectivity index (χ1v) is 6.96. The first kappa shape index (κ1) is 15.5. The minimum Gasteiger partial charge on any atom is -0.391 e. The summed E-state index contributed by atoms with van der Waals surface area (Å²) in [4.78, 5) is 14.0. The number of β-amino-alcohol motifs (C(OH)–C–C–N with tert-alkyl or cyclic N) is 1. The molecular formula is C16H19FN2O2. The van der Waals surface area contributed by atoms with Gasteiger partial charge in [-0.05, 0) is 38.0 Å². The van der Waals surface area contributed by atoms with E-state index >= 15 is 0 Å². The van der Waals surface area contributed by atoms with Crippen LogP contribution in [0.4, 0.5) is 4.39 Å². The lowest BCUT2D eigenvalue weighted by molar-refractivity contribution is -0.133. The Balaban J connectivity index is 2.19. The number of amides is 1. The zero-order chi connectivity index (χ0) is 15.6. The molecule has 1 aliphatic heterocycles. The number of aliphatic hydroxyl groups is 1. The molecule has 112 valence electrons. The molecule has 0 aliphatic carbocycles. The minimum absolute atomic E-state index is 0.105. The second kappa shape index (κ2) is 5.82. The molecule has 5 heteroatoms. The quantitative estimate of drug-likeness (QED) is 0.929. The standard InChI is InChI=1S/C16H19FN2O2/c1-16(2,10-18)8-15(21)19-9-13(20)7-14(19)11-3-5-12(17)6-4-11/h3-6,13-14,20H,7-9H2,1-2H3/t13-,14-/m1/s1. The predicted octanol–water partition coefficient (Wildman–Crippen LogP) is 2.40. The summed E-state index contributed by atoms with van der Waals surface area (Å²) in [6, 6.07) is 7.81. The molecule has 21 heavy (non-hydrogen) atoms. The van der Waals surface area contributed by atoms with Gasteiger partial charge in [-0.1, -0.05) is 12.1 Å². The fraction of sp³-hybridized carbons (Fsp3) is 0.500. The average Bonchev–Trinajstić information content (AvgIpc) is 2.81. The maximum Gasteiger partial charge on any atom is 0.224 e. The Morgan fingerprint density at radius 3 is 2.67 bits per heavy atom. The topological polar surface area (TPSA) is 64.3 Å². The van der Waals surface area contributed by atoms with Gasteiger partial charge in [-0.25, -0.2) is 4.39 Å². The summed E-state index contributed by atoms with van der Waals surface area (Å²) in [6.45, 7) is 3.68. The smallest absolute Gasteiger partial charge is 0.224 e. The van der Waals surface area contributed by atoms with E-state index in [-0.39, 0.29) is 30.7 Å². The van der Waals surface area contributed by atoms with Crippen molar-refractivity contribution in [1.82, 2.24) is 4.90 Å². The van der Waals surface area contributed by atoms with Gasteiger partial charge in [0.15, 0.2) is 0 Å². The third-order valence-electron chi connectivity index (χ3n) is 3.75. The number of nitrogens with zero attached hydrogens (tertiary/aromatic N) is 2. The van der Waals surface area contributed by atoms with Crippen LogP contribution in [-0.2, 0) is 4.79 Å². The van der Waals surface area contributed by atoms with E-state index in [0.717, 1.165) is 5.56 Å². The van der Waals surface area contributed by atoms with Crippen molar-refractivity contribution in [2.45, 2.75) is 38.8 Å². The van der Waals surface area contributed by atoms with Crippen molar-refractivity contribution in [3.63, 3.8) is 0 Å². The molecule has 1 N–H and O–H groups in total. The van der Waals surface area contributed by atoms with Crippen molar-refractivity contribution < 1.29 is 14.3 Å². The number of aliphatic hydroxyl groups excluding tert-OH is 1. The van der Waals surface area contributed by atoms with Gasteiger partial charge < -0.3 is 10.0 Å². The predicted molar refractivity (Wildman–Crippen MR) is 75.5 cm³/mol. The van der Waals surface area contributed by atoms with E-state index in [9.17, 15) is 14.3 Å². The molecule has 0 saturated carbocycles. The lowest BCUT2D eigenvalue weighted by Gasteiger charge is -2.27. The van der Waals surface area contributed by atoms with Crippen molar-refractivity contribution in [1.29, 1.82) is 5.26 Å². The van der Waals surface area contributed by atoms with E-state index in [1.54, 1.807) is 30.9 Å². The molecule has 1 aromatic carbocycles. The molecule has 1 aliphatic rings. The van der Waals surface area contributed by atoms with Crippen molar-refractivity contribution in [2.24, 2.45) is 5.41 Å². The number of benzene rings is 1. The largest absolute Gasteiger partial charge is 0.391 e. The Morgan fingerprint density at radius 2 is 2.10 bits per heavy atom. The molecule has 0 bridgehead atoms. The monoisotopic (exact) mass is 290 g/mol. The Hall–Kier alpha value is -1.93. The highest BCUT2D eigenvalue weighted by Crippen LogP contribution is 2.34. The lowest BCUT2D eigenvalue weighted by Crippen LogP contribution is -2.34. The average molecular weight is 290 g/mol. The highest BCUT2D eigenvalue weighted by molar-refractivity contribution is 5.78. The number of rotatable bonds is 3. The van der Waals surface area contributed by atoms with Crippen LogP contribution in [0.3, 0.4) is 0 Å². The van der Waals surface area contributed by atoms with Gasteiger partial charge in [-0.2, -0.15) is 5.26 Å². The molecule has 1 aromatic rings. The van der Waals surface area contributed by atoms with Crippen LogP contribution < -0.4 is 0 Å².